The largest absolute Gasteiger partial charge is 0.452 e. The molecule has 0 bridgehead atoms. The summed E-state index contributed by atoms with van der Waals surface area (Å²) in [6, 6.07) is 0. The summed E-state index contributed by atoms with van der Waals surface area (Å²) in [6.07, 6.45) is 6.24. The zero-order valence-corrected chi connectivity index (χ0v) is 7.09. The van der Waals surface area contributed by atoms with Crippen LogP contribution in [0.3, 0.4) is 0 Å². The maximum absolute atomic E-state index is 10.8. The number of terminal acetylenes is 1. The van der Waals surface area contributed by atoms with Crippen LogP contribution in [0.2, 0.25) is 0 Å². The van der Waals surface area contributed by atoms with Crippen molar-refractivity contribution in [1.82, 2.24) is 0 Å². The van der Waals surface area contributed by atoms with Crippen molar-refractivity contribution in [2.45, 2.75) is 26.7 Å². The normalized spacial score (nSPS) is 9.27. The third kappa shape index (κ3) is 6.92. The van der Waals surface area contributed by atoms with E-state index in [9.17, 15) is 4.79 Å². The number of esters is 1. The molecule has 0 aromatic heterocycles. The number of carbonyl (C=O) groups is 1. The monoisotopic (exact) mass is 154 g/mol. The fourth-order valence-corrected chi connectivity index (χ4v) is 0.601. The summed E-state index contributed by atoms with van der Waals surface area (Å²) in [6.45, 7) is 4.22. The van der Waals surface area contributed by atoms with Crippen LogP contribution < -0.4 is 0 Å². The molecule has 11 heavy (non-hydrogen) atoms. The van der Waals surface area contributed by atoms with Crippen molar-refractivity contribution in [2.24, 2.45) is 5.92 Å². The van der Waals surface area contributed by atoms with E-state index in [0.29, 0.717) is 12.3 Å². The van der Waals surface area contributed by atoms with Crippen molar-refractivity contribution >= 4 is 5.97 Å². The van der Waals surface area contributed by atoms with Gasteiger partial charge in [0.05, 0.1) is 0 Å². The molecule has 0 atom stereocenters. The Labute approximate surface area is 67.9 Å². The smallest absolute Gasteiger partial charge is 0.306 e. The van der Waals surface area contributed by atoms with E-state index in [1.807, 2.05) is 0 Å². The van der Waals surface area contributed by atoms with Crippen LogP contribution >= 0.6 is 0 Å². The van der Waals surface area contributed by atoms with Gasteiger partial charge in [-0.2, -0.15) is 0 Å². The number of rotatable bonds is 4. The third-order valence-corrected chi connectivity index (χ3v) is 1.24. The van der Waals surface area contributed by atoms with E-state index in [1.165, 1.54) is 0 Å². The van der Waals surface area contributed by atoms with Gasteiger partial charge < -0.3 is 4.74 Å². The Balaban J connectivity index is 3.32. The van der Waals surface area contributed by atoms with Gasteiger partial charge in [-0.05, 0) is 12.3 Å². The molecule has 0 spiro atoms. The fraction of sp³-hybridized carbons (Fsp3) is 0.667. The van der Waals surface area contributed by atoms with Crippen LogP contribution in [0.4, 0.5) is 0 Å². The zero-order valence-electron chi connectivity index (χ0n) is 7.09. The minimum atomic E-state index is -0.198. The highest BCUT2D eigenvalue weighted by atomic mass is 16.5. The highest BCUT2D eigenvalue weighted by Gasteiger charge is 2.02. The van der Waals surface area contributed by atoms with Crippen LogP contribution in [0.5, 0.6) is 0 Å². The molecule has 0 saturated heterocycles. The van der Waals surface area contributed by atoms with Crippen LogP contribution in [0.25, 0.3) is 0 Å². The van der Waals surface area contributed by atoms with Crippen LogP contribution in [0.15, 0.2) is 0 Å². The average molecular weight is 154 g/mol. The molecule has 0 aromatic rings. The van der Waals surface area contributed by atoms with Crippen molar-refractivity contribution in [3.63, 3.8) is 0 Å². The molecule has 0 N–H and O–H groups in total. The van der Waals surface area contributed by atoms with Gasteiger partial charge in [-0.25, -0.2) is 0 Å². The van der Waals surface area contributed by atoms with Crippen LogP contribution in [0, 0.1) is 18.3 Å². The van der Waals surface area contributed by atoms with E-state index in [0.717, 1.165) is 6.42 Å². The Bertz CT molecular complexity index is 153. The van der Waals surface area contributed by atoms with Crippen LogP contribution in [0.1, 0.15) is 26.7 Å². The Hall–Kier alpha value is -0.970. The molecule has 2 nitrogen and oxygen atoms in total. The second-order valence-electron chi connectivity index (χ2n) is 2.80. The molecule has 2 heteroatoms. The molecular formula is C9H14O2. The summed E-state index contributed by atoms with van der Waals surface area (Å²) in [7, 11) is 0. The molecule has 0 heterocycles. The molecule has 0 amide bonds. The second kappa shape index (κ2) is 5.79. The molecule has 0 rings (SSSR count). The first-order valence-corrected chi connectivity index (χ1v) is 3.76. The summed E-state index contributed by atoms with van der Waals surface area (Å²) < 4.78 is 4.67. The molecule has 0 aromatic carbocycles. The van der Waals surface area contributed by atoms with Crippen molar-refractivity contribution in [3.05, 3.63) is 0 Å². The highest BCUT2D eigenvalue weighted by Crippen LogP contribution is 2.03. The maximum Gasteiger partial charge on any atom is 0.306 e. The van der Waals surface area contributed by atoms with Gasteiger partial charge in [0.15, 0.2) is 6.61 Å². The lowest BCUT2D eigenvalue weighted by atomic mass is 10.1. The standard InChI is InChI=1S/C9H14O2/c1-4-7-11-9(10)6-5-8(2)3/h1,8H,5-7H2,2-3H3. The predicted octanol–water partition coefficient (Wildman–Crippen LogP) is 1.60. The minimum absolute atomic E-state index is 0.0942. The van der Waals surface area contributed by atoms with Crippen LogP contribution in [-0.4, -0.2) is 12.6 Å². The summed E-state index contributed by atoms with van der Waals surface area (Å²) in [4.78, 5) is 10.8. The van der Waals surface area contributed by atoms with Crippen molar-refractivity contribution in [2.75, 3.05) is 6.61 Å². The number of hydrogen-bond acceptors (Lipinski definition) is 2. The SMILES string of the molecule is C#CCOC(=O)CCC(C)C. The van der Waals surface area contributed by atoms with Gasteiger partial charge in [-0.3, -0.25) is 4.79 Å². The average Bonchev–Trinajstić information content (AvgIpc) is 1.97. The minimum Gasteiger partial charge on any atom is -0.452 e. The zero-order chi connectivity index (χ0) is 8.69. The summed E-state index contributed by atoms with van der Waals surface area (Å²) in [5.74, 6) is 2.58. The first-order valence-electron chi connectivity index (χ1n) is 3.76. The van der Waals surface area contributed by atoms with E-state index >= 15 is 0 Å². The number of hydrogen-bond donors (Lipinski definition) is 0. The Morgan fingerprint density at radius 1 is 1.64 bits per heavy atom. The van der Waals surface area contributed by atoms with Crippen molar-refractivity contribution in [3.8, 4) is 12.3 Å². The summed E-state index contributed by atoms with van der Waals surface area (Å²) in [5.41, 5.74) is 0. The van der Waals surface area contributed by atoms with Crippen molar-refractivity contribution in [1.29, 1.82) is 0 Å². The molecule has 0 fully saturated rings. The highest BCUT2D eigenvalue weighted by molar-refractivity contribution is 5.69. The second-order valence-corrected chi connectivity index (χ2v) is 2.80. The molecule has 0 aliphatic rings. The maximum atomic E-state index is 10.8. The molecule has 0 aliphatic heterocycles. The fourth-order valence-electron chi connectivity index (χ4n) is 0.601. The van der Waals surface area contributed by atoms with Gasteiger partial charge in [0.25, 0.3) is 0 Å². The van der Waals surface area contributed by atoms with Gasteiger partial charge in [-0.15, -0.1) is 6.42 Å². The first-order chi connectivity index (χ1) is 5.16. The lowest BCUT2D eigenvalue weighted by molar-refractivity contribution is -0.142. The molecular weight excluding hydrogens is 140 g/mol. The number of carbonyl (C=O) groups excluding carboxylic acids is 1. The van der Waals surface area contributed by atoms with Gasteiger partial charge in [0, 0.05) is 6.42 Å². The summed E-state index contributed by atoms with van der Waals surface area (Å²) >= 11 is 0. The Morgan fingerprint density at radius 3 is 2.73 bits per heavy atom. The Kier molecular flexibility index (Phi) is 5.28. The van der Waals surface area contributed by atoms with Crippen LogP contribution in [-0.2, 0) is 9.53 Å². The molecule has 62 valence electrons. The van der Waals surface area contributed by atoms with E-state index in [4.69, 9.17) is 6.42 Å². The Morgan fingerprint density at radius 2 is 2.27 bits per heavy atom. The quantitative estimate of drug-likeness (QED) is 0.454. The predicted molar refractivity (Wildman–Crippen MR) is 43.9 cm³/mol. The van der Waals surface area contributed by atoms with Gasteiger partial charge in [0.1, 0.15) is 0 Å². The van der Waals surface area contributed by atoms with E-state index in [1.54, 1.807) is 0 Å². The van der Waals surface area contributed by atoms with E-state index in [2.05, 4.69) is 24.5 Å². The first kappa shape index (κ1) is 10.0. The molecule has 0 unspecified atom stereocenters. The lowest BCUT2D eigenvalue weighted by Gasteiger charge is -2.02. The van der Waals surface area contributed by atoms with Crippen molar-refractivity contribution < 1.29 is 9.53 Å². The molecule has 0 saturated carbocycles. The topological polar surface area (TPSA) is 26.3 Å². The molecule has 0 aliphatic carbocycles. The number of ether oxygens (including phenoxy) is 1. The van der Waals surface area contributed by atoms with Gasteiger partial charge in [0.2, 0.25) is 0 Å². The van der Waals surface area contributed by atoms with E-state index < -0.39 is 0 Å². The third-order valence-electron chi connectivity index (χ3n) is 1.24. The summed E-state index contributed by atoms with van der Waals surface area (Å²) in [5, 5.41) is 0. The van der Waals surface area contributed by atoms with Gasteiger partial charge >= 0.3 is 5.97 Å². The molecule has 0 radical (unpaired) electrons. The lowest BCUT2D eigenvalue weighted by Crippen LogP contribution is -2.05. The van der Waals surface area contributed by atoms with Gasteiger partial charge in [-0.1, -0.05) is 19.8 Å². The van der Waals surface area contributed by atoms with E-state index in [-0.39, 0.29) is 12.6 Å².